The molecule has 0 aliphatic heterocycles. The standard InChI is InChI=1S/C10H15NO2/c1-13-7-8-3-2-4-10(12)9(8)5-6-11/h2-4,12H,5-7,11H2,1H3. The van der Waals surface area contributed by atoms with E-state index in [1.165, 1.54) is 0 Å². The summed E-state index contributed by atoms with van der Waals surface area (Å²) in [6.07, 6.45) is 0.686. The predicted molar refractivity (Wildman–Crippen MR) is 51.6 cm³/mol. The molecule has 0 heterocycles. The second-order valence-electron chi connectivity index (χ2n) is 2.89. The average Bonchev–Trinajstić information content (AvgIpc) is 2.11. The minimum atomic E-state index is 0.306. The molecule has 1 aromatic carbocycles. The second kappa shape index (κ2) is 4.84. The van der Waals surface area contributed by atoms with Crippen LogP contribution in [0.4, 0.5) is 0 Å². The van der Waals surface area contributed by atoms with E-state index in [1.54, 1.807) is 13.2 Å². The zero-order chi connectivity index (χ0) is 9.68. The first kappa shape index (κ1) is 10.0. The van der Waals surface area contributed by atoms with Crippen molar-refractivity contribution in [2.24, 2.45) is 5.73 Å². The van der Waals surface area contributed by atoms with E-state index in [-0.39, 0.29) is 0 Å². The van der Waals surface area contributed by atoms with Gasteiger partial charge in [-0.15, -0.1) is 0 Å². The van der Waals surface area contributed by atoms with E-state index < -0.39 is 0 Å². The highest BCUT2D eigenvalue weighted by molar-refractivity contribution is 5.39. The Morgan fingerprint density at radius 1 is 1.46 bits per heavy atom. The van der Waals surface area contributed by atoms with Gasteiger partial charge in [-0.05, 0) is 24.6 Å². The van der Waals surface area contributed by atoms with Gasteiger partial charge in [-0.3, -0.25) is 0 Å². The fourth-order valence-corrected chi connectivity index (χ4v) is 1.34. The number of hydrogen-bond acceptors (Lipinski definition) is 3. The van der Waals surface area contributed by atoms with Gasteiger partial charge < -0.3 is 15.6 Å². The Morgan fingerprint density at radius 3 is 2.85 bits per heavy atom. The smallest absolute Gasteiger partial charge is 0.119 e. The van der Waals surface area contributed by atoms with Gasteiger partial charge in [-0.25, -0.2) is 0 Å². The maximum Gasteiger partial charge on any atom is 0.119 e. The van der Waals surface area contributed by atoms with E-state index in [0.29, 0.717) is 25.3 Å². The molecular formula is C10H15NO2. The number of hydrogen-bond donors (Lipinski definition) is 2. The van der Waals surface area contributed by atoms with Gasteiger partial charge in [-0.2, -0.15) is 0 Å². The molecule has 0 radical (unpaired) electrons. The number of nitrogens with two attached hydrogens (primary N) is 1. The second-order valence-corrected chi connectivity index (χ2v) is 2.89. The van der Waals surface area contributed by atoms with Crippen molar-refractivity contribution in [2.45, 2.75) is 13.0 Å². The predicted octanol–water partition coefficient (Wildman–Crippen LogP) is 1.04. The molecule has 72 valence electrons. The van der Waals surface area contributed by atoms with Crippen molar-refractivity contribution in [3.8, 4) is 5.75 Å². The van der Waals surface area contributed by atoms with Crippen LogP contribution >= 0.6 is 0 Å². The molecule has 3 nitrogen and oxygen atoms in total. The van der Waals surface area contributed by atoms with Crippen LogP contribution in [0.15, 0.2) is 18.2 Å². The molecule has 3 N–H and O–H groups in total. The number of rotatable bonds is 4. The van der Waals surface area contributed by atoms with Crippen molar-refractivity contribution < 1.29 is 9.84 Å². The molecule has 0 fully saturated rings. The van der Waals surface area contributed by atoms with Crippen LogP contribution in [-0.4, -0.2) is 18.8 Å². The van der Waals surface area contributed by atoms with Crippen LogP contribution < -0.4 is 5.73 Å². The Kier molecular flexibility index (Phi) is 3.73. The lowest BCUT2D eigenvalue weighted by atomic mass is 10.0. The molecule has 1 rings (SSSR count). The van der Waals surface area contributed by atoms with Crippen LogP contribution in [0.5, 0.6) is 5.75 Å². The topological polar surface area (TPSA) is 55.5 Å². The average molecular weight is 181 g/mol. The Bertz CT molecular complexity index is 274. The Labute approximate surface area is 78.1 Å². The molecule has 0 bridgehead atoms. The molecule has 0 aliphatic carbocycles. The molecule has 0 unspecified atom stereocenters. The molecule has 0 aromatic heterocycles. The van der Waals surface area contributed by atoms with E-state index in [0.717, 1.165) is 11.1 Å². The summed E-state index contributed by atoms with van der Waals surface area (Å²) >= 11 is 0. The fourth-order valence-electron chi connectivity index (χ4n) is 1.34. The maximum absolute atomic E-state index is 9.54. The normalized spacial score (nSPS) is 10.3. The van der Waals surface area contributed by atoms with E-state index in [9.17, 15) is 5.11 Å². The minimum Gasteiger partial charge on any atom is -0.508 e. The van der Waals surface area contributed by atoms with E-state index >= 15 is 0 Å². The van der Waals surface area contributed by atoms with Crippen LogP contribution in [-0.2, 0) is 17.8 Å². The third-order valence-electron chi connectivity index (χ3n) is 1.94. The summed E-state index contributed by atoms with van der Waals surface area (Å²) in [7, 11) is 1.64. The van der Waals surface area contributed by atoms with Crippen LogP contribution in [0.2, 0.25) is 0 Å². The van der Waals surface area contributed by atoms with Gasteiger partial charge in [0.15, 0.2) is 0 Å². The van der Waals surface area contributed by atoms with Crippen molar-refractivity contribution in [1.29, 1.82) is 0 Å². The largest absolute Gasteiger partial charge is 0.508 e. The van der Waals surface area contributed by atoms with Crippen LogP contribution in [0.3, 0.4) is 0 Å². The molecule has 0 saturated carbocycles. The van der Waals surface area contributed by atoms with Crippen molar-refractivity contribution in [3.63, 3.8) is 0 Å². The van der Waals surface area contributed by atoms with Crippen molar-refractivity contribution in [3.05, 3.63) is 29.3 Å². The van der Waals surface area contributed by atoms with Crippen molar-refractivity contribution >= 4 is 0 Å². The summed E-state index contributed by atoms with van der Waals surface area (Å²) in [5, 5.41) is 9.54. The van der Waals surface area contributed by atoms with Gasteiger partial charge in [-0.1, -0.05) is 12.1 Å². The van der Waals surface area contributed by atoms with Crippen LogP contribution in [0, 0.1) is 0 Å². The number of methoxy groups -OCH3 is 1. The number of ether oxygens (including phenoxy) is 1. The minimum absolute atomic E-state index is 0.306. The molecule has 0 amide bonds. The third-order valence-corrected chi connectivity index (χ3v) is 1.94. The van der Waals surface area contributed by atoms with Gasteiger partial charge in [0, 0.05) is 12.7 Å². The third kappa shape index (κ3) is 2.44. The molecule has 1 aromatic rings. The van der Waals surface area contributed by atoms with Crippen molar-refractivity contribution in [1.82, 2.24) is 0 Å². The van der Waals surface area contributed by atoms with E-state index in [1.807, 2.05) is 12.1 Å². The molecule has 13 heavy (non-hydrogen) atoms. The molecule has 0 atom stereocenters. The number of phenolic OH excluding ortho intramolecular Hbond substituents is 1. The Morgan fingerprint density at radius 2 is 2.23 bits per heavy atom. The summed E-state index contributed by atoms with van der Waals surface area (Å²) in [4.78, 5) is 0. The lowest BCUT2D eigenvalue weighted by molar-refractivity contribution is 0.184. The van der Waals surface area contributed by atoms with Crippen LogP contribution in [0.25, 0.3) is 0 Å². The van der Waals surface area contributed by atoms with E-state index in [4.69, 9.17) is 10.5 Å². The SMILES string of the molecule is COCc1cccc(O)c1CCN. The van der Waals surface area contributed by atoms with Gasteiger partial charge in [0.2, 0.25) is 0 Å². The first-order valence-electron chi connectivity index (χ1n) is 4.28. The van der Waals surface area contributed by atoms with Gasteiger partial charge in [0.25, 0.3) is 0 Å². The summed E-state index contributed by atoms with van der Waals surface area (Å²) in [6.45, 7) is 1.05. The summed E-state index contributed by atoms with van der Waals surface area (Å²) < 4.78 is 5.02. The molecule has 0 aliphatic rings. The Hall–Kier alpha value is -1.06. The first-order chi connectivity index (χ1) is 6.29. The highest BCUT2D eigenvalue weighted by Crippen LogP contribution is 2.21. The highest BCUT2D eigenvalue weighted by Gasteiger charge is 2.05. The van der Waals surface area contributed by atoms with Crippen LogP contribution in [0.1, 0.15) is 11.1 Å². The quantitative estimate of drug-likeness (QED) is 0.729. The Balaban J connectivity index is 2.95. The monoisotopic (exact) mass is 181 g/mol. The fraction of sp³-hybridized carbons (Fsp3) is 0.400. The molecule has 0 saturated heterocycles. The molecular weight excluding hydrogens is 166 g/mol. The number of phenols is 1. The molecule has 0 spiro atoms. The highest BCUT2D eigenvalue weighted by atomic mass is 16.5. The number of benzene rings is 1. The van der Waals surface area contributed by atoms with E-state index in [2.05, 4.69) is 0 Å². The van der Waals surface area contributed by atoms with Gasteiger partial charge in [0.1, 0.15) is 5.75 Å². The summed E-state index contributed by atoms with van der Waals surface area (Å²) in [5.74, 6) is 0.306. The van der Waals surface area contributed by atoms with Gasteiger partial charge in [0.05, 0.1) is 6.61 Å². The number of aromatic hydroxyl groups is 1. The van der Waals surface area contributed by atoms with Crippen molar-refractivity contribution in [2.75, 3.05) is 13.7 Å². The summed E-state index contributed by atoms with van der Waals surface area (Å²) in [5.41, 5.74) is 7.35. The maximum atomic E-state index is 9.54. The summed E-state index contributed by atoms with van der Waals surface area (Å²) in [6, 6.07) is 5.42. The zero-order valence-corrected chi connectivity index (χ0v) is 7.79. The lowest BCUT2D eigenvalue weighted by Crippen LogP contribution is -2.06. The van der Waals surface area contributed by atoms with Gasteiger partial charge >= 0.3 is 0 Å². The lowest BCUT2D eigenvalue weighted by Gasteiger charge is -2.09. The molecule has 3 heteroatoms. The first-order valence-corrected chi connectivity index (χ1v) is 4.28. The zero-order valence-electron chi connectivity index (χ0n) is 7.79.